The maximum Gasteiger partial charge on any atom is 0.135 e. The van der Waals surface area contributed by atoms with E-state index in [1.807, 2.05) is 20.9 Å². The summed E-state index contributed by atoms with van der Waals surface area (Å²) in [6.45, 7) is 11.4. The summed E-state index contributed by atoms with van der Waals surface area (Å²) in [5.74, 6) is 1.44. The van der Waals surface area contributed by atoms with Gasteiger partial charge >= 0.3 is 0 Å². The van der Waals surface area contributed by atoms with Crippen molar-refractivity contribution in [2.45, 2.75) is 53.9 Å². The summed E-state index contributed by atoms with van der Waals surface area (Å²) in [4.78, 5) is 11.1. The molecule has 2 heteroatoms. The molecule has 15 heavy (non-hydrogen) atoms. The Morgan fingerprint density at radius 2 is 1.60 bits per heavy atom. The zero-order valence-electron chi connectivity index (χ0n) is 11.4. The molecule has 0 aromatic carbocycles. The maximum absolute atomic E-state index is 11.1. The van der Waals surface area contributed by atoms with Crippen LogP contribution in [0.3, 0.4) is 0 Å². The minimum absolute atomic E-state index is 0. The van der Waals surface area contributed by atoms with Crippen molar-refractivity contribution >= 4 is 5.78 Å². The van der Waals surface area contributed by atoms with Crippen LogP contribution in [0.15, 0.2) is 0 Å². The Balaban J connectivity index is -0.000000292. The number of hydrogen-bond donors (Lipinski definition) is 1. The molecule has 0 amide bonds. The number of nitrogens with one attached hydrogen (secondary N) is 1. The second-order valence-corrected chi connectivity index (χ2v) is 4.91. The van der Waals surface area contributed by atoms with E-state index in [2.05, 4.69) is 26.1 Å². The van der Waals surface area contributed by atoms with Crippen LogP contribution in [0.5, 0.6) is 0 Å². The molecule has 0 aromatic rings. The normalized spacial score (nSPS) is 10.1. The fourth-order valence-electron chi connectivity index (χ4n) is 0.890. The monoisotopic (exact) mass is 217 g/mol. The molecule has 0 aromatic heterocycles. The summed E-state index contributed by atoms with van der Waals surface area (Å²) in [6, 6.07) is 0. The SMILES string of the molecule is CC(C)C.CNCCCCC(=O)C(C)C.[HH]. The standard InChI is InChI=1S/C9H19NO.C4H10.H2/c1-8(2)9(11)6-4-5-7-10-3;1-4(2)3;/h8,10H,4-7H2,1-3H3;4H,1-3H3;1H. The predicted octanol–water partition coefficient (Wildman–Crippen LogP) is 3.51. The van der Waals surface area contributed by atoms with Crippen molar-refractivity contribution in [3.8, 4) is 0 Å². The summed E-state index contributed by atoms with van der Waals surface area (Å²) < 4.78 is 0. The lowest BCUT2D eigenvalue weighted by molar-refractivity contribution is -0.122. The summed E-state index contributed by atoms with van der Waals surface area (Å²) in [6.07, 6.45) is 2.88. The van der Waals surface area contributed by atoms with E-state index in [0.717, 1.165) is 31.7 Å². The van der Waals surface area contributed by atoms with Crippen LogP contribution in [0, 0.1) is 11.8 Å². The zero-order valence-corrected chi connectivity index (χ0v) is 11.4. The van der Waals surface area contributed by atoms with Gasteiger partial charge in [0.1, 0.15) is 5.78 Å². The van der Waals surface area contributed by atoms with Crippen LogP contribution in [0.25, 0.3) is 0 Å². The second kappa shape index (κ2) is 11.7. The minimum Gasteiger partial charge on any atom is -0.320 e. The first kappa shape index (κ1) is 17.0. The molecular weight excluding hydrogens is 186 g/mol. The Morgan fingerprint density at radius 1 is 1.13 bits per heavy atom. The van der Waals surface area contributed by atoms with Gasteiger partial charge in [-0.1, -0.05) is 34.6 Å². The van der Waals surface area contributed by atoms with Crippen molar-refractivity contribution in [1.29, 1.82) is 0 Å². The highest BCUT2D eigenvalue weighted by atomic mass is 16.1. The Morgan fingerprint density at radius 3 is 1.93 bits per heavy atom. The van der Waals surface area contributed by atoms with Crippen LogP contribution in [-0.4, -0.2) is 19.4 Å². The average Bonchev–Trinajstić information content (AvgIpc) is 2.11. The summed E-state index contributed by atoms with van der Waals surface area (Å²) in [5, 5.41) is 3.06. The molecular formula is C13H31NO. The number of carbonyl (C=O) groups is 1. The number of rotatable bonds is 6. The van der Waals surface area contributed by atoms with Crippen LogP contribution < -0.4 is 5.32 Å². The maximum atomic E-state index is 11.1. The van der Waals surface area contributed by atoms with Gasteiger partial charge in [0.2, 0.25) is 0 Å². The first-order valence-electron chi connectivity index (χ1n) is 6.09. The molecule has 0 bridgehead atoms. The van der Waals surface area contributed by atoms with Gasteiger partial charge in [-0.3, -0.25) is 4.79 Å². The van der Waals surface area contributed by atoms with E-state index >= 15 is 0 Å². The smallest absolute Gasteiger partial charge is 0.135 e. The fourth-order valence-corrected chi connectivity index (χ4v) is 0.890. The molecule has 0 rings (SSSR count). The third-order valence-electron chi connectivity index (χ3n) is 1.74. The molecule has 0 radical (unpaired) electrons. The third-order valence-corrected chi connectivity index (χ3v) is 1.74. The molecule has 0 aliphatic rings. The van der Waals surface area contributed by atoms with Gasteiger partial charge in [0.25, 0.3) is 0 Å². The topological polar surface area (TPSA) is 29.1 Å². The molecule has 0 spiro atoms. The second-order valence-electron chi connectivity index (χ2n) is 4.91. The van der Waals surface area contributed by atoms with E-state index in [1.54, 1.807) is 0 Å². The molecule has 0 atom stereocenters. The first-order valence-corrected chi connectivity index (χ1v) is 6.09. The van der Waals surface area contributed by atoms with Crippen molar-refractivity contribution in [2.24, 2.45) is 11.8 Å². The molecule has 1 N–H and O–H groups in total. The van der Waals surface area contributed by atoms with Crippen LogP contribution in [0.2, 0.25) is 0 Å². The highest BCUT2D eigenvalue weighted by Gasteiger charge is 2.05. The van der Waals surface area contributed by atoms with Gasteiger partial charge < -0.3 is 5.32 Å². The highest BCUT2D eigenvalue weighted by molar-refractivity contribution is 5.80. The minimum atomic E-state index is 0. The summed E-state index contributed by atoms with van der Waals surface area (Å²) in [5.41, 5.74) is 0. The van der Waals surface area contributed by atoms with Gasteiger partial charge in [-0.2, -0.15) is 0 Å². The molecule has 0 aliphatic carbocycles. The van der Waals surface area contributed by atoms with E-state index in [9.17, 15) is 4.79 Å². The lowest BCUT2D eigenvalue weighted by Crippen LogP contribution is -2.10. The third kappa shape index (κ3) is 19.9. The lowest BCUT2D eigenvalue weighted by atomic mass is 10.0. The molecule has 94 valence electrons. The van der Waals surface area contributed by atoms with Gasteiger partial charge in [-0.15, -0.1) is 0 Å². The van der Waals surface area contributed by atoms with Crippen molar-refractivity contribution in [2.75, 3.05) is 13.6 Å². The first-order chi connectivity index (χ1) is 6.91. The number of hydrogen-bond acceptors (Lipinski definition) is 2. The van der Waals surface area contributed by atoms with Crippen molar-refractivity contribution in [1.82, 2.24) is 5.32 Å². The van der Waals surface area contributed by atoms with Crippen molar-refractivity contribution in [3.05, 3.63) is 0 Å². The van der Waals surface area contributed by atoms with Gasteiger partial charge in [0.05, 0.1) is 0 Å². The Bertz CT molecular complexity index is 144. The van der Waals surface area contributed by atoms with Gasteiger partial charge in [-0.25, -0.2) is 0 Å². The van der Waals surface area contributed by atoms with E-state index in [0.29, 0.717) is 5.78 Å². The van der Waals surface area contributed by atoms with Crippen LogP contribution >= 0.6 is 0 Å². The van der Waals surface area contributed by atoms with Crippen LogP contribution in [0.1, 0.15) is 55.3 Å². The molecule has 0 fully saturated rings. The Labute approximate surface area is 97.3 Å². The van der Waals surface area contributed by atoms with Crippen LogP contribution in [-0.2, 0) is 4.79 Å². The van der Waals surface area contributed by atoms with Gasteiger partial charge in [-0.05, 0) is 32.4 Å². The molecule has 2 nitrogen and oxygen atoms in total. The van der Waals surface area contributed by atoms with E-state index < -0.39 is 0 Å². The number of ketones is 1. The predicted molar refractivity (Wildman–Crippen MR) is 70.2 cm³/mol. The van der Waals surface area contributed by atoms with E-state index in [4.69, 9.17) is 0 Å². The lowest BCUT2D eigenvalue weighted by Gasteiger charge is -2.02. The Kier molecular flexibility index (Phi) is 13.3. The fraction of sp³-hybridized carbons (Fsp3) is 0.923. The van der Waals surface area contributed by atoms with Crippen molar-refractivity contribution in [3.63, 3.8) is 0 Å². The molecule has 0 unspecified atom stereocenters. The number of unbranched alkanes of at least 4 members (excludes halogenated alkanes) is 1. The Hall–Kier alpha value is -0.370. The quantitative estimate of drug-likeness (QED) is 0.690. The van der Waals surface area contributed by atoms with Gasteiger partial charge in [0.15, 0.2) is 0 Å². The largest absolute Gasteiger partial charge is 0.320 e. The molecule has 0 heterocycles. The highest BCUT2D eigenvalue weighted by Crippen LogP contribution is 2.03. The summed E-state index contributed by atoms with van der Waals surface area (Å²) >= 11 is 0. The van der Waals surface area contributed by atoms with Gasteiger partial charge in [0, 0.05) is 13.8 Å². The number of Topliss-reactive ketones (excluding diaryl/α,β-unsaturated/α-hetero) is 1. The number of carbonyl (C=O) groups excluding carboxylic acids is 1. The van der Waals surface area contributed by atoms with E-state index in [-0.39, 0.29) is 7.34 Å². The molecule has 0 saturated carbocycles. The van der Waals surface area contributed by atoms with Crippen molar-refractivity contribution < 1.29 is 6.22 Å². The zero-order chi connectivity index (χ0) is 12.3. The molecule has 0 saturated heterocycles. The molecule has 0 aliphatic heterocycles. The summed E-state index contributed by atoms with van der Waals surface area (Å²) in [7, 11) is 1.93. The van der Waals surface area contributed by atoms with Crippen LogP contribution in [0.4, 0.5) is 0 Å². The average molecular weight is 217 g/mol. The van der Waals surface area contributed by atoms with E-state index in [1.165, 1.54) is 0 Å².